The minimum Gasteiger partial charge on any atom is -0.462 e. The van der Waals surface area contributed by atoms with E-state index in [0.717, 1.165) is 64.2 Å². The lowest BCUT2D eigenvalue weighted by atomic mass is 10.0. The van der Waals surface area contributed by atoms with Crippen LogP contribution in [-0.2, 0) is 28.6 Å². The summed E-state index contributed by atoms with van der Waals surface area (Å²) >= 11 is 0. The lowest BCUT2D eigenvalue weighted by Gasteiger charge is -2.18. The van der Waals surface area contributed by atoms with Crippen molar-refractivity contribution in [2.24, 2.45) is 0 Å². The molecule has 0 radical (unpaired) electrons. The molecule has 1 unspecified atom stereocenters. The molecular formula is C71H134O6. The minimum atomic E-state index is -0.765. The highest BCUT2D eigenvalue weighted by Gasteiger charge is 2.19. The Morgan fingerprint density at radius 3 is 0.714 bits per heavy atom. The maximum absolute atomic E-state index is 12.9. The van der Waals surface area contributed by atoms with Gasteiger partial charge in [0.05, 0.1) is 0 Å². The lowest BCUT2D eigenvalue weighted by Crippen LogP contribution is -2.30. The van der Waals surface area contributed by atoms with Gasteiger partial charge in [0.1, 0.15) is 13.2 Å². The van der Waals surface area contributed by atoms with Crippen LogP contribution in [0.3, 0.4) is 0 Å². The number of ether oxygens (including phenoxy) is 3. The van der Waals surface area contributed by atoms with Gasteiger partial charge in [0.15, 0.2) is 6.10 Å². The Bertz CT molecular complexity index is 1240. The monoisotopic (exact) mass is 1080 g/mol. The maximum atomic E-state index is 12.9. The molecule has 1 atom stereocenters. The Hall–Kier alpha value is -2.11. The highest BCUT2D eigenvalue weighted by Crippen LogP contribution is 2.19. The van der Waals surface area contributed by atoms with Crippen LogP contribution < -0.4 is 0 Å². The molecule has 77 heavy (non-hydrogen) atoms. The van der Waals surface area contributed by atoms with Gasteiger partial charge in [-0.05, 0) is 51.4 Å². The van der Waals surface area contributed by atoms with E-state index in [0.29, 0.717) is 19.3 Å². The molecule has 6 heteroatoms. The van der Waals surface area contributed by atoms with Crippen LogP contribution in [0.2, 0.25) is 0 Å². The van der Waals surface area contributed by atoms with Crippen molar-refractivity contribution in [1.82, 2.24) is 0 Å². The second kappa shape index (κ2) is 66.4. The molecule has 0 saturated carbocycles. The number of carbonyl (C=O) groups excluding carboxylic acids is 3. The van der Waals surface area contributed by atoms with E-state index in [9.17, 15) is 14.4 Å². The van der Waals surface area contributed by atoms with E-state index in [1.165, 1.54) is 289 Å². The second-order valence-electron chi connectivity index (χ2n) is 23.8. The topological polar surface area (TPSA) is 78.9 Å². The summed E-state index contributed by atoms with van der Waals surface area (Å²) in [6.45, 7) is 6.65. The highest BCUT2D eigenvalue weighted by atomic mass is 16.6. The zero-order valence-electron chi connectivity index (χ0n) is 52.3. The molecule has 0 amide bonds. The van der Waals surface area contributed by atoms with Gasteiger partial charge in [0.25, 0.3) is 0 Å². The molecule has 0 spiro atoms. The molecule has 6 nitrogen and oxygen atoms in total. The lowest BCUT2D eigenvalue weighted by molar-refractivity contribution is -0.167. The predicted molar refractivity (Wildman–Crippen MR) is 335 cm³/mol. The average Bonchev–Trinajstić information content (AvgIpc) is 3.43. The van der Waals surface area contributed by atoms with Crippen LogP contribution in [-0.4, -0.2) is 37.2 Å². The van der Waals surface area contributed by atoms with Gasteiger partial charge in [-0.1, -0.05) is 347 Å². The molecule has 0 aromatic heterocycles. The summed E-state index contributed by atoms with van der Waals surface area (Å²) in [4.78, 5) is 38.1. The van der Waals surface area contributed by atoms with Crippen molar-refractivity contribution in [3.63, 3.8) is 0 Å². The molecule has 0 heterocycles. The van der Waals surface area contributed by atoms with Crippen molar-refractivity contribution in [3.8, 4) is 0 Å². The van der Waals surface area contributed by atoms with Crippen molar-refractivity contribution >= 4 is 17.9 Å². The summed E-state index contributed by atoms with van der Waals surface area (Å²) in [5.41, 5.74) is 0. The van der Waals surface area contributed by atoms with Gasteiger partial charge in [-0.2, -0.15) is 0 Å². The first-order valence-electron chi connectivity index (χ1n) is 34.8. The number of esters is 3. The second-order valence-corrected chi connectivity index (χ2v) is 23.8. The van der Waals surface area contributed by atoms with Gasteiger partial charge < -0.3 is 14.2 Å². The van der Waals surface area contributed by atoms with E-state index in [1.807, 2.05) is 0 Å². The first-order valence-corrected chi connectivity index (χ1v) is 34.8. The van der Waals surface area contributed by atoms with Crippen LogP contribution in [0.5, 0.6) is 0 Å². The first-order chi connectivity index (χ1) is 38.0. The molecule has 0 aromatic rings. The van der Waals surface area contributed by atoms with Crippen LogP contribution in [0.4, 0.5) is 0 Å². The Kier molecular flexibility index (Phi) is 64.6. The van der Waals surface area contributed by atoms with E-state index >= 15 is 0 Å². The third-order valence-corrected chi connectivity index (χ3v) is 16.0. The van der Waals surface area contributed by atoms with Gasteiger partial charge in [-0.3, -0.25) is 14.4 Å². The van der Waals surface area contributed by atoms with Crippen molar-refractivity contribution in [1.29, 1.82) is 0 Å². The minimum absolute atomic E-state index is 0.0655. The summed E-state index contributed by atoms with van der Waals surface area (Å²) in [5, 5.41) is 0. The van der Waals surface area contributed by atoms with Crippen molar-refractivity contribution < 1.29 is 28.6 Å². The molecule has 0 N–H and O–H groups in total. The average molecular weight is 1080 g/mol. The fourth-order valence-corrected chi connectivity index (χ4v) is 10.7. The van der Waals surface area contributed by atoms with Crippen LogP contribution in [0.1, 0.15) is 393 Å². The normalized spacial score (nSPS) is 12.1. The van der Waals surface area contributed by atoms with Crippen molar-refractivity contribution in [2.45, 2.75) is 399 Å². The fourth-order valence-electron chi connectivity index (χ4n) is 10.7. The molecule has 454 valence electrons. The molecule has 0 aliphatic rings. The van der Waals surface area contributed by atoms with Gasteiger partial charge in [-0.15, -0.1) is 0 Å². The zero-order valence-corrected chi connectivity index (χ0v) is 52.3. The number of carbonyl (C=O) groups is 3. The largest absolute Gasteiger partial charge is 0.462 e. The molecule has 0 aromatic carbocycles. The van der Waals surface area contributed by atoms with Crippen LogP contribution >= 0.6 is 0 Å². The predicted octanol–water partition coefficient (Wildman–Crippen LogP) is 23.8. The molecule has 0 saturated heterocycles. The number of hydrogen-bond acceptors (Lipinski definition) is 6. The number of rotatable bonds is 65. The molecule has 0 aliphatic heterocycles. The Morgan fingerprint density at radius 1 is 0.260 bits per heavy atom. The third kappa shape index (κ3) is 64.6. The SMILES string of the molecule is CCCCCCC/C=C\C/C=C\CCCCCCCCCCCCCCCCCC(=O)OCC(COC(=O)CCCCCCCC)OC(=O)CCCCCCCCCCCCCCCCCCCCCCCCCCCC. The first kappa shape index (κ1) is 74.9. The standard InChI is InChI=1S/C71H134O6/c1-4-7-10-13-16-18-20-22-24-26-28-30-32-34-36-38-39-41-43-45-47-49-51-53-55-58-61-64-70(73)76-67-68(66-75-69(72)63-60-57-15-12-9-6-3)77-71(74)65-62-59-56-54-52-50-48-46-44-42-40-37-35-33-31-29-27-25-23-21-19-17-14-11-8-5-2/h20,22,26,28,68H,4-19,21,23-25,27,29-67H2,1-3H3/b22-20-,28-26-. The fraction of sp³-hybridized carbons (Fsp3) is 0.901. The van der Waals surface area contributed by atoms with Crippen LogP contribution in [0, 0.1) is 0 Å². The Morgan fingerprint density at radius 2 is 0.468 bits per heavy atom. The van der Waals surface area contributed by atoms with Gasteiger partial charge in [-0.25, -0.2) is 0 Å². The summed E-state index contributed by atoms with van der Waals surface area (Å²) in [6.07, 6.45) is 81.1. The summed E-state index contributed by atoms with van der Waals surface area (Å²) in [6, 6.07) is 0. The van der Waals surface area contributed by atoms with E-state index in [-0.39, 0.29) is 31.1 Å². The van der Waals surface area contributed by atoms with E-state index in [1.54, 1.807) is 0 Å². The molecular weight excluding hydrogens is 949 g/mol. The number of unbranched alkanes of at least 4 members (excludes halogenated alkanes) is 50. The molecule has 0 fully saturated rings. The molecule has 0 aliphatic carbocycles. The summed E-state index contributed by atoms with van der Waals surface area (Å²) < 4.78 is 16.9. The molecule has 0 bridgehead atoms. The van der Waals surface area contributed by atoms with Gasteiger partial charge in [0, 0.05) is 19.3 Å². The highest BCUT2D eigenvalue weighted by molar-refractivity contribution is 5.71. The van der Waals surface area contributed by atoms with Gasteiger partial charge >= 0.3 is 17.9 Å². The number of hydrogen-bond donors (Lipinski definition) is 0. The molecule has 0 rings (SSSR count). The summed E-state index contributed by atoms with van der Waals surface area (Å²) in [7, 11) is 0. The van der Waals surface area contributed by atoms with E-state index in [4.69, 9.17) is 14.2 Å². The van der Waals surface area contributed by atoms with E-state index in [2.05, 4.69) is 45.1 Å². The number of allylic oxidation sites excluding steroid dienone is 4. The maximum Gasteiger partial charge on any atom is 0.306 e. The Balaban J connectivity index is 3.98. The van der Waals surface area contributed by atoms with Crippen molar-refractivity contribution in [2.75, 3.05) is 13.2 Å². The van der Waals surface area contributed by atoms with E-state index < -0.39 is 6.10 Å². The third-order valence-electron chi connectivity index (χ3n) is 16.0. The smallest absolute Gasteiger partial charge is 0.306 e. The van der Waals surface area contributed by atoms with Gasteiger partial charge in [0.2, 0.25) is 0 Å². The quantitative estimate of drug-likeness (QED) is 0.0261. The van der Waals surface area contributed by atoms with Crippen LogP contribution in [0.25, 0.3) is 0 Å². The zero-order chi connectivity index (χ0) is 55.7. The van der Waals surface area contributed by atoms with Crippen LogP contribution in [0.15, 0.2) is 24.3 Å². The van der Waals surface area contributed by atoms with Crippen molar-refractivity contribution in [3.05, 3.63) is 24.3 Å². The Labute approximate surface area is 481 Å². The summed E-state index contributed by atoms with van der Waals surface area (Å²) in [5.74, 6) is -0.847.